The van der Waals surface area contributed by atoms with Crippen molar-refractivity contribution in [1.29, 1.82) is 0 Å². The van der Waals surface area contributed by atoms with Gasteiger partial charge in [-0.1, -0.05) is 0 Å². The molecule has 1 rings (SSSR count). The standard InChI is InChI=1S/C9H10N4O6/c1-11(2)8-6(9(14)10-15)3-5(12(16)17)4-7(8)13(18)19/h3-4,15H,1-2H3,(H,10,14). The smallest absolute Gasteiger partial charge is 0.300 e. The molecule has 0 aliphatic carbocycles. The van der Waals surface area contributed by atoms with Crippen LogP contribution in [-0.4, -0.2) is 35.1 Å². The van der Waals surface area contributed by atoms with Crippen LogP contribution in [0, 0.1) is 20.2 Å². The maximum atomic E-state index is 11.5. The number of carbonyl (C=O) groups is 1. The van der Waals surface area contributed by atoms with E-state index in [-0.39, 0.29) is 11.3 Å². The summed E-state index contributed by atoms with van der Waals surface area (Å²) in [6, 6.07) is 1.61. The molecule has 0 radical (unpaired) electrons. The van der Waals surface area contributed by atoms with Gasteiger partial charge in [-0.15, -0.1) is 0 Å². The first-order valence-corrected chi connectivity index (χ1v) is 4.88. The van der Waals surface area contributed by atoms with E-state index in [1.54, 1.807) is 0 Å². The maximum Gasteiger partial charge on any atom is 0.300 e. The molecule has 0 spiro atoms. The van der Waals surface area contributed by atoms with Gasteiger partial charge in [0.05, 0.1) is 21.5 Å². The van der Waals surface area contributed by atoms with Crippen molar-refractivity contribution in [2.24, 2.45) is 0 Å². The summed E-state index contributed by atoms with van der Waals surface area (Å²) >= 11 is 0. The molecule has 0 aliphatic heterocycles. The molecular formula is C9H10N4O6. The third kappa shape index (κ3) is 2.74. The van der Waals surface area contributed by atoms with E-state index < -0.39 is 27.1 Å². The van der Waals surface area contributed by atoms with E-state index in [0.717, 1.165) is 12.1 Å². The second-order valence-corrected chi connectivity index (χ2v) is 3.71. The molecule has 19 heavy (non-hydrogen) atoms. The summed E-state index contributed by atoms with van der Waals surface area (Å²) in [6.07, 6.45) is 0. The van der Waals surface area contributed by atoms with Crippen molar-refractivity contribution in [3.63, 3.8) is 0 Å². The molecule has 0 bridgehead atoms. The van der Waals surface area contributed by atoms with Crippen LogP contribution in [0.25, 0.3) is 0 Å². The van der Waals surface area contributed by atoms with Crippen LogP contribution < -0.4 is 10.4 Å². The van der Waals surface area contributed by atoms with Gasteiger partial charge in [0.25, 0.3) is 17.3 Å². The lowest BCUT2D eigenvalue weighted by Gasteiger charge is -2.16. The molecule has 0 aliphatic rings. The molecule has 10 heteroatoms. The lowest BCUT2D eigenvalue weighted by Crippen LogP contribution is -2.23. The molecule has 0 saturated carbocycles. The number of hydrogen-bond donors (Lipinski definition) is 2. The zero-order valence-electron chi connectivity index (χ0n) is 9.98. The van der Waals surface area contributed by atoms with Crippen molar-refractivity contribution < 1.29 is 19.8 Å². The highest BCUT2D eigenvalue weighted by Gasteiger charge is 2.28. The second kappa shape index (κ2) is 5.27. The summed E-state index contributed by atoms with van der Waals surface area (Å²) in [5.74, 6) is -1.07. The number of rotatable bonds is 4. The first-order chi connectivity index (χ1) is 8.79. The predicted octanol–water partition coefficient (Wildman–Crippen LogP) is 0.688. The van der Waals surface area contributed by atoms with E-state index >= 15 is 0 Å². The number of nitro groups is 2. The molecule has 1 aromatic rings. The summed E-state index contributed by atoms with van der Waals surface area (Å²) in [5.41, 5.74) is -0.420. The molecule has 0 heterocycles. The van der Waals surface area contributed by atoms with Crippen molar-refractivity contribution in [3.8, 4) is 0 Å². The number of amides is 1. The minimum atomic E-state index is -1.07. The summed E-state index contributed by atoms with van der Waals surface area (Å²) in [5, 5.41) is 30.2. The van der Waals surface area contributed by atoms with Crippen LogP contribution in [0.2, 0.25) is 0 Å². The third-order valence-corrected chi connectivity index (χ3v) is 2.28. The van der Waals surface area contributed by atoms with Crippen molar-refractivity contribution in [1.82, 2.24) is 5.48 Å². The molecule has 0 atom stereocenters. The van der Waals surface area contributed by atoms with Crippen LogP contribution >= 0.6 is 0 Å². The Balaban J connectivity index is 3.70. The Labute approximate surface area is 106 Å². The zero-order chi connectivity index (χ0) is 14.7. The van der Waals surface area contributed by atoms with Crippen LogP contribution in [0.1, 0.15) is 10.4 Å². The van der Waals surface area contributed by atoms with Gasteiger partial charge in [-0.3, -0.25) is 30.2 Å². The SMILES string of the molecule is CN(C)c1c(C(=O)NO)cc([N+](=O)[O-])cc1[N+](=O)[O-]. The second-order valence-electron chi connectivity index (χ2n) is 3.71. The predicted molar refractivity (Wildman–Crippen MR) is 63.3 cm³/mol. The van der Waals surface area contributed by atoms with Crippen LogP contribution in [0.4, 0.5) is 17.1 Å². The average molecular weight is 270 g/mol. The van der Waals surface area contributed by atoms with Crippen LogP contribution in [-0.2, 0) is 0 Å². The van der Waals surface area contributed by atoms with Gasteiger partial charge in [0.15, 0.2) is 0 Å². The lowest BCUT2D eigenvalue weighted by atomic mass is 10.1. The van der Waals surface area contributed by atoms with Gasteiger partial charge in [0.1, 0.15) is 5.69 Å². The summed E-state index contributed by atoms with van der Waals surface area (Å²) in [7, 11) is 2.87. The van der Waals surface area contributed by atoms with E-state index in [1.807, 2.05) is 0 Å². The van der Waals surface area contributed by atoms with Gasteiger partial charge in [-0.25, -0.2) is 5.48 Å². The van der Waals surface area contributed by atoms with E-state index in [0.29, 0.717) is 0 Å². The van der Waals surface area contributed by atoms with E-state index in [2.05, 4.69) is 0 Å². The lowest BCUT2D eigenvalue weighted by molar-refractivity contribution is -0.393. The number of anilines is 1. The normalized spacial score (nSPS) is 9.84. The Morgan fingerprint density at radius 3 is 2.21 bits per heavy atom. The Hall–Kier alpha value is -2.75. The van der Waals surface area contributed by atoms with Gasteiger partial charge in [0.2, 0.25) is 0 Å². The summed E-state index contributed by atoms with van der Waals surface area (Å²) in [6.45, 7) is 0. The highest BCUT2D eigenvalue weighted by atomic mass is 16.6. The Kier molecular flexibility index (Phi) is 3.97. The van der Waals surface area contributed by atoms with Crippen molar-refractivity contribution in [2.75, 3.05) is 19.0 Å². The molecular weight excluding hydrogens is 260 g/mol. The fraction of sp³-hybridized carbons (Fsp3) is 0.222. The average Bonchev–Trinajstić information content (AvgIpc) is 2.35. The van der Waals surface area contributed by atoms with E-state index in [1.165, 1.54) is 24.5 Å². The number of nitrogens with one attached hydrogen (secondary N) is 1. The molecule has 102 valence electrons. The van der Waals surface area contributed by atoms with Crippen molar-refractivity contribution in [3.05, 3.63) is 37.9 Å². The van der Waals surface area contributed by atoms with E-state index in [4.69, 9.17) is 5.21 Å². The minimum absolute atomic E-state index is 0.137. The largest absolute Gasteiger partial charge is 0.371 e. The van der Waals surface area contributed by atoms with Gasteiger partial charge in [-0.05, 0) is 0 Å². The molecule has 1 amide bonds. The van der Waals surface area contributed by atoms with Crippen molar-refractivity contribution >= 4 is 23.0 Å². The third-order valence-electron chi connectivity index (χ3n) is 2.28. The maximum absolute atomic E-state index is 11.5. The van der Waals surface area contributed by atoms with Crippen LogP contribution in [0.3, 0.4) is 0 Å². The molecule has 0 saturated heterocycles. The molecule has 0 aromatic heterocycles. The van der Waals surface area contributed by atoms with Gasteiger partial charge >= 0.3 is 0 Å². The number of benzene rings is 1. The molecule has 1 aromatic carbocycles. The molecule has 2 N–H and O–H groups in total. The first kappa shape index (κ1) is 14.3. The number of nitro benzene ring substituents is 2. The molecule has 0 unspecified atom stereocenters. The van der Waals surface area contributed by atoms with E-state index in [9.17, 15) is 25.0 Å². The summed E-state index contributed by atoms with van der Waals surface area (Å²) < 4.78 is 0. The fourth-order valence-corrected chi connectivity index (χ4v) is 1.55. The Bertz CT molecular complexity index is 556. The summed E-state index contributed by atoms with van der Waals surface area (Å²) in [4.78, 5) is 32.6. The number of hydrogen-bond acceptors (Lipinski definition) is 7. The number of carbonyl (C=O) groups excluding carboxylic acids is 1. The minimum Gasteiger partial charge on any atom is -0.371 e. The fourth-order valence-electron chi connectivity index (χ4n) is 1.55. The van der Waals surface area contributed by atoms with Crippen LogP contribution in [0.5, 0.6) is 0 Å². The molecule has 0 fully saturated rings. The first-order valence-electron chi connectivity index (χ1n) is 4.88. The quantitative estimate of drug-likeness (QED) is 0.466. The topological polar surface area (TPSA) is 139 Å². The monoisotopic (exact) mass is 270 g/mol. The Morgan fingerprint density at radius 2 is 1.84 bits per heavy atom. The molecule has 10 nitrogen and oxygen atoms in total. The Morgan fingerprint density at radius 1 is 1.26 bits per heavy atom. The van der Waals surface area contributed by atoms with Crippen molar-refractivity contribution in [2.45, 2.75) is 0 Å². The van der Waals surface area contributed by atoms with Gasteiger partial charge < -0.3 is 4.90 Å². The highest BCUT2D eigenvalue weighted by Crippen LogP contribution is 2.35. The number of nitrogens with zero attached hydrogens (tertiary/aromatic N) is 3. The number of non-ortho nitro benzene ring substituents is 1. The number of hydroxylamine groups is 1. The zero-order valence-corrected chi connectivity index (χ0v) is 9.98. The van der Waals surface area contributed by atoms with Crippen LogP contribution in [0.15, 0.2) is 12.1 Å². The van der Waals surface area contributed by atoms with Gasteiger partial charge in [0, 0.05) is 20.2 Å². The van der Waals surface area contributed by atoms with Gasteiger partial charge in [-0.2, -0.15) is 0 Å². The highest BCUT2D eigenvalue weighted by molar-refractivity contribution is 6.02.